The highest BCUT2D eigenvalue weighted by Crippen LogP contribution is 2.04. The molecule has 0 aliphatic carbocycles. The van der Waals surface area contributed by atoms with Crippen LogP contribution in [0, 0.1) is 0 Å². The van der Waals surface area contributed by atoms with Crippen LogP contribution in [0.1, 0.15) is 13.8 Å². The maximum Gasteiger partial charge on any atom is 0.165 e. The topological polar surface area (TPSA) is 37.3 Å². The van der Waals surface area contributed by atoms with E-state index in [1.807, 2.05) is 0 Å². The zero-order chi connectivity index (χ0) is 7.49. The molecular weight excluding hydrogens is 116 g/mol. The van der Waals surface area contributed by atoms with Crippen molar-refractivity contribution in [3.63, 3.8) is 0 Å². The molecule has 0 aromatic carbocycles. The van der Waals surface area contributed by atoms with E-state index in [0.717, 1.165) is 0 Å². The van der Waals surface area contributed by atoms with Gasteiger partial charge in [-0.1, -0.05) is 6.58 Å². The normalized spacial score (nSPS) is 15.4. The van der Waals surface area contributed by atoms with Crippen LogP contribution in [0.4, 0.5) is 0 Å². The maximum atomic E-state index is 10.5. The predicted octanol–water partition coefficient (Wildman–Crippen LogP) is 0.667. The van der Waals surface area contributed by atoms with Gasteiger partial charge in [-0.3, -0.25) is 4.79 Å². The molecule has 2 nitrogen and oxygen atoms in total. The standard InChI is InChI=1S/C7H10O2/c1-4-5-7(3,9)6(2)8/h5,9H,1H2,2-3H3/t7-/m1/s1. The lowest BCUT2D eigenvalue weighted by Crippen LogP contribution is -2.29. The van der Waals surface area contributed by atoms with Crippen LogP contribution in [0.15, 0.2) is 18.4 Å². The molecule has 0 aliphatic rings. The molecule has 0 spiro atoms. The third kappa shape index (κ3) is 2.27. The second kappa shape index (κ2) is 2.62. The fourth-order valence-electron chi connectivity index (χ4n) is 0.300. The first-order chi connectivity index (χ1) is 4.00. The monoisotopic (exact) mass is 126 g/mol. The summed E-state index contributed by atoms with van der Waals surface area (Å²) in [5, 5.41) is 9.08. The number of carbonyl (C=O) groups excluding carboxylic acids is 1. The van der Waals surface area contributed by atoms with Gasteiger partial charge in [-0.15, -0.1) is 5.73 Å². The van der Waals surface area contributed by atoms with Crippen molar-refractivity contribution >= 4 is 5.78 Å². The summed E-state index contributed by atoms with van der Waals surface area (Å²) in [6.45, 7) is 5.95. The van der Waals surface area contributed by atoms with E-state index in [9.17, 15) is 4.79 Å². The lowest BCUT2D eigenvalue weighted by atomic mass is 10.0. The number of ketones is 1. The van der Waals surface area contributed by atoms with Gasteiger partial charge in [0.05, 0.1) is 0 Å². The fourth-order valence-corrected chi connectivity index (χ4v) is 0.300. The number of aliphatic hydroxyl groups is 1. The molecule has 0 radical (unpaired) electrons. The van der Waals surface area contributed by atoms with Crippen molar-refractivity contribution in [2.75, 3.05) is 0 Å². The van der Waals surface area contributed by atoms with Crippen molar-refractivity contribution in [3.8, 4) is 0 Å². The van der Waals surface area contributed by atoms with E-state index in [-0.39, 0.29) is 5.78 Å². The van der Waals surface area contributed by atoms with Crippen molar-refractivity contribution in [2.45, 2.75) is 19.4 Å². The molecule has 0 unspecified atom stereocenters. The van der Waals surface area contributed by atoms with Crippen LogP contribution in [0.3, 0.4) is 0 Å². The van der Waals surface area contributed by atoms with Gasteiger partial charge in [-0.05, 0) is 19.9 Å². The van der Waals surface area contributed by atoms with E-state index in [0.29, 0.717) is 0 Å². The van der Waals surface area contributed by atoms with Crippen molar-refractivity contribution < 1.29 is 9.90 Å². The molecular formula is C7H10O2. The Hall–Kier alpha value is -0.850. The molecule has 9 heavy (non-hydrogen) atoms. The van der Waals surface area contributed by atoms with Gasteiger partial charge in [-0.25, -0.2) is 0 Å². The number of rotatable bonds is 2. The van der Waals surface area contributed by atoms with E-state index >= 15 is 0 Å². The Balaban J connectivity index is 4.37. The third-order valence-electron chi connectivity index (χ3n) is 1.10. The maximum absolute atomic E-state index is 10.5. The second-order valence-corrected chi connectivity index (χ2v) is 2.05. The molecule has 1 N–H and O–H groups in total. The second-order valence-electron chi connectivity index (χ2n) is 2.05. The first kappa shape index (κ1) is 8.15. The Morgan fingerprint density at radius 1 is 1.89 bits per heavy atom. The predicted molar refractivity (Wildman–Crippen MR) is 35.0 cm³/mol. The van der Waals surface area contributed by atoms with Crippen LogP contribution >= 0.6 is 0 Å². The van der Waals surface area contributed by atoms with Gasteiger partial charge in [-0.2, -0.15) is 0 Å². The van der Waals surface area contributed by atoms with Crippen LogP contribution in [0.2, 0.25) is 0 Å². The van der Waals surface area contributed by atoms with E-state index in [4.69, 9.17) is 5.11 Å². The summed E-state index contributed by atoms with van der Waals surface area (Å²) < 4.78 is 0. The molecule has 2 heteroatoms. The van der Waals surface area contributed by atoms with E-state index in [1.165, 1.54) is 19.9 Å². The Morgan fingerprint density at radius 2 is 2.33 bits per heavy atom. The highest BCUT2D eigenvalue weighted by Gasteiger charge is 2.21. The minimum Gasteiger partial charge on any atom is -0.378 e. The van der Waals surface area contributed by atoms with Gasteiger partial charge in [0.1, 0.15) is 5.60 Å². The van der Waals surface area contributed by atoms with Crippen molar-refractivity contribution in [1.29, 1.82) is 0 Å². The van der Waals surface area contributed by atoms with Crippen LogP contribution in [-0.4, -0.2) is 16.5 Å². The minimum atomic E-state index is -1.39. The minimum absolute atomic E-state index is 0.307. The molecule has 0 rings (SSSR count). The van der Waals surface area contributed by atoms with Crippen LogP contribution < -0.4 is 0 Å². The molecule has 0 aromatic rings. The SMILES string of the molecule is C=C=C[C@@](C)(O)C(C)=O. The quantitative estimate of drug-likeness (QED) is 0.552. The summed E-state index contributed by atoms with van der Waals surface area (Å²) in [7, 11) is 0. The number of hydrogen-bond donors (Lipinski definition) is 1. The number of Topliss-reactive ketones (excluding diaryl/α,β-unsaturated/α-hetero) is 1. The fraction of sp³-hybridized carbons (Fsp3) is 0.429. The molecule has 0 saturated heterocycles. The number of hydrogen-bond acceptors (Lipinski definition) is 2. The number of carbonyl (C=O) groups is 1. The zero-order valence-electron chi connectivity index (χ0n) is 5.64. The summed E-state index contributed by atoms with van der Waals surface area (Å²) in [6.07, 6.45) is 1.23. The zero-order valence-corrected chi connectivity index (χ0v) is 5.64. The average molecular weight is 126 g/mol. The Labute approximate surface area is 54.5 Å². The van der Waals surface area contributed by atoms with Crippen molar-refractivity contribution in [2.24, 2.45) is 0 Å². The highest BCUT2D eigenvalue weighted by atomic mass is 16.3. The molecule has 50 valence electrons. The van der Waals surface area contributed by atoms with Crippen LogP contribution in [-0.2, 0) is 4.79 Å². The average Bonchev–Trinajstić information content (AvgIpc) is 1.65. The van der Waals surface area contributed by atoms with Crippen molar-refractivity contribution in [3.05, 3.63) is 18.4 Å². The smallest absolute Gasteiger partial charge is 0.165 e. The van der Waals surface area contributed by atoms with E-state index in [1.54, 1.807) is 0 Å². The van der Waals surface area contributed by atoms with E-state index in [2.05, 4.69) is 12.3 Å². The highest BCUT2D eigenvalue weighted by molar-refractivity contribution is 5.86. The third-order valence-corrected chi connectivity index (χ3v) is 1.10. The lowest BCUT2D eigenvalue weighted by Gasteiger charge is -2.11. The molecule has 0 aromatic heterocycles. The molecule has 0 bridgehead atoms. The summed E-state index contributed by atoms with van der Waals surface area (Å²) in [5.74, 6) is -0.307. The van der Waals surface area contributed by atoms with Gasteiger partial charge < -0.3 is 5.11 Å². The van der Waals surface area contributed by atoms with Crippen LogP contribution in [0.5, 0.6) is 0 Å². The Bertz CT molecular complexity index is 158. The molecule has 0 heterocycles. The Kier molecular flexibility index (Phi) is 2.38. The van der Waals surface area contributed by atoms with Gasteiger partial charge in [0.25, 0.3) is 0 Å². The van der Waals surface area contributed by atoms with Crippen molar-refractivity contribution in [1.82, 2.24) is 0 Å². The summed E-state index contributed by atoms with van der Waals surface area (Å²) >= 11 is 0. The summed E-state index contributed by atoms with van der Waals surface area (Å²) in [4.78, 5) is 10.5. The lowest BCUT2D eigenvalue weighted by molar-refractivity contribution is -0.129. The first-order valence-electron chi connectivity index (χ1n) is 2.61. The molecule has 0 aliphatic heterocycles. The van der Waals surface area contributed by atoms with Gasteiger partial charge in [0, 0.05) is 0 Å². The van der Waals surface area contributed by atoms with E-state index < -0.39 is 5.60 Å². The largest absolute Gasteiger partial charge is 0.378 e. The summed E-state index contributed by atoms with van der Waals surface area (Å²) in [5.41, 5.74) is 0.956. The van der Waals surface area contributed by atoms with Gasteiger partial charge >= 0.3 is 0 Å². The first-order valence-corrected chi connectivity index (χ1v) is 2.61. The van der Waals surface area contributed by atoms with Gasteiger partial charge in [0.15, 0.2) is 5.78 Å². The molecule has 1 atom stereocenters. The molecule has 0 amide bonds. The van der Waals surface area contributed by atoms with Gasteiger partial charge in [0.2, 0.25) is 0 Å². The Morgan fingerprint density at radius 3 is 2.44 bits per heavy atom. The van der Waals surface area contributed by atoms with Crippen LogP contribution in [0.25, 0.3) is 0 Å². The molecule has 0 fully saturated rings. The molecule has 0 saturated carbocycles. The summed E-state index contributed by atoms with van der Waals surface area (Å²) in [6, 6.07) is 0.